The molecule has 2 aromatic rings. The van der Waals surface area contributed by atoms with Crippen LogP contribution in [-0.4, -0.2) is 71.8 Å². The fourth-order valence-electron chi connectivity index (χ4n) is 4.59. The second-order valence-corrected chi connectivity index (χ2v) is 8.53. The number of aryl methyl sites for hydroxylation is 1. The Bertz CT molecular complexity index is 801. The number of hydrogen-bond acceptors (Lipinski definition) is 5. The van der Waals surface area contributed by atoms with Gasteiger partial charge in [-0.3, -0.25) is 4.90 Å². The van der Waals surface area contributed by atoms with Gasteiger partial charge in [-0.2, -0.15) is 0 Å². The number of β-amino-alcohol motifs (C(OH)–C–C–N with tert-alkyl or cyclic N) is 1. The zero-order valence-corrected chi connectivity index (χ0v) is 17.4. The van der Waals surface area contributed by atoms with Crippen molar-refractivity contribution in [3.8, 4) is 0 Å². The Kier molecular flexibility index (Phi) is 6.14. The first-order chi connectivity index (χ1) is 13.6. The van der Waals surface area contributed by atoms with E-state index in [1.54, 1.807) is 0 Å². The maximum absolute atomic E-state index is 10.2. The van der Waals surface area contributed by atoms with Gasteiger partial charge in [0.05, 0.1) is 11.6 Å². The lowest BCUT2D eigenvalue weighted by atomic mass is 10.0. The van der Waals surface area contributed by atoms with Crippen LogP contribution in [0.1, 0.15) is 37.3 Å². The highest BCUT2D eigenvalue weighted by molar-refractivity contribution is 5.82. The van der Waals surface area contributed by atoms with E-state index in [2.05, 4.69) is 52.8 Å². The quantitative estimate of drug-likeness (QED) is 0.861. The number of aliphatic hydroxyl groups excluding tert-OH is 1. The second kappa shape index (κ2) is 8.76. The molecule has 1 aromatic heterocycles. The van der Waals surface area contributed by atoms with Crippen LogP contribution in [0.5, 0.6) is 0 Å². The van der Waals surface area contributed by atoms with Crippen LogP contribution in [0, 0.1) is 6.92 Å². The van der Waals surface area contributed by atoms with Crippen molar-refractivity contribution in [3.05, 3.63) is 35.4 Å². The van der Waals surface area contributed by atoms with Crippen molar-refractivity contribution in [1.29, 1.82) is 0 Å². The van der Waals surface area contributed by atoms with Gasteiger partial charge in [0.2, 0.25) is 0 Å². The predicted molar refractivity (Wildman–Crippen MR) is 116 cm³/mol. The molecule has 2 aliphatic heterocycles. The summed E-state index contributed by atoms with van der Waals surface area (Å²) in [5.41, 5.74) is 3.63. The van der Waals surface area contributed by atoms with Crippen LogP contribution < -0.4 is 4.90 Å². The molecule has 152 valence electrons. The molecule has 1 aromatic carbocycles. The summed E-state index contributed by atoms with van der Waals surface area (Å²) in [6, 6.07) is 8.84. The van der Waals surface area contributed by atoms with E-state index in [0.717, 1.165) is 63.4 Å². The Balaban J connectivity index is 1.60. The average Bonchev–Trinajstić information content (AvgIpc) is 2.69. The fraction of sp³-hybridized carbons (Fsp3) is 0.609. The molecule has 5 heteroatoms. The van der Waals surface area contributed by atoms with Crippen molar-refractivity contribution in [2.75, 3.05) is 50.7 Å². The molecule has 0 aliphatic carbocycles. The Morgan fingerprint density at radius 1 is 1.07 bits per heavy atom. The number of hydrogen-bond donors (Lipinski definition) is 1. The number of pyridine rings is 1. The number of nitrogens with zero attached hydrogens (tertiary/aromatic N) is 4. The molecule has 5 nitrogen and oxygen atoms in total. The van der Waals surface area contributed by atoms with Crippen molar-refractivity contribution < 1.29 is 5.11 Å². The minimum Gasteiger partial charge on any atom is -0.391 e. The summed E-state index contributed by atoms with van der Waals surface area (Å²) in [5, 5.41) is 11.4. The molecule has 0 saturated carbocycles. The molecule has 0 spiro atoms. The molecule has 2 saturated heterocycles. The minimum absolute atomic E-state index is 0.241. The molecular formula is C23H34N4O. The van der Waals surface area contributed by atoms with E-state index in [-0.39, 0.29) is 6.10 Å². The highest BCUT2D eigenvalue weighted by atomic mass is 16.3. The number of fused-ring (bicyclic) bond motifs is 1. The van der Waals surface area contributed by atoms with Gasteiger partial charge in [-0.25, -0.2) is 4.98 Å². The van der Waals surface area contributed by atoms with Crippen molar-refractivity contribution in [3.63, 3.8) is 0 Å². The Hall–Kier alpha value is -1.69. The molecule has 0 bridgehead atoms. The lowest BCUT2D eigenvalue weighted by Gasteiger charge is -2.36. The topological polar surface area (TPSA) is 42.8 Å². The van der Waals surface area contributed by atoms with Crippen LogP contribution >= 0.6 is 0 Å². The van der Waals surface area contributed by atoms with Crippen molar-refractivity contribution in [1.82, 2.24) is 14.8 Å². The molecule has 0 radical (unpaired) electrons. The summed E-state index contributed by atoms with van der Waals surface area (Å²) in [6.07, 6.45) is 2.92. The highest BCUT2D eigenvalue weighted by Gasteiger charge is 2.24. The summed E-state index contributed by atoms with van der Waals surface area (Å²) in [6.45, 7) is 12.8. The minimum atomic E-state index is -0.241. The third-order valence-electron chi connectivity index (χ3n) is 6.12. The van der Waals surface area contributed by atoms with E-state index in [1.165, 1.54) is 29.5 Å². The zero-order valence-electron chi connectivity index (χ0n) is 17.4. The predicted octanol–water partition coefficient (Wildman–Crippen LogP) is 3.03. The fourth-order valence-corrected chi connectivity index (χ4v) is 4.59. The maximum Gasteiger partial charge on any atom is 0.133 e. The first-order valence-corrected chi connectivity index (χ1v) is 10.9. The third kappa shape index (κ3) is 4.48. The van der Waals surface area contributed by atoms with Crippen LogP contribution in [0.15, 0.2) is 24.3 Å². The van der Waals surface area contributed by atoms with E-state index < -0.39 is 0 Å². The van der Waals surface area contributed by atoms with Gasteiger partial charge in [0.15, 0.2) is 0 Å². The molecule has 28 heavy (non-hydrogen) atoms. The molecule has 0 amide bonds. The lowest BCUT2D eigenvalue weighted by molar-refractivity contribution is 0.127. The molecule has 4 rings (SSSR count). The van der Waals surface area contributed by atoms with Crippen LogP contribution in [-0.2, 0) is 6.54 Å². The molecular weight excluding hydrogens is 348 g/mol. The Morgan fingerprint density at radius 2 is 1.86 bits per heavy atom. The second-order valence-electron chi connectivity index (χ2n) is 8.53. The van der Waals surface area contributed by atoms with E-state index in [4.69, 9.17) is 4.98 Å². The van der Waals surface area contributed by atoms with Crippen LogP contribution in [0.4, 0.5) is 5.82 Å². The Morgan fingerprint density at radius 3 is 2.61 bits per heavy atom. The number of piperazine rings is 1. The number of rotatable bonds is 5. The largest absolute Gasteiger partial charge is 0.391 e. The summed E-state index contributed by atoms with van der Waals surface area (Å²) >= 11 is 0. The number of aliphatic hydroxyl groups is 1. The summed E-state index contributed by atoms with van der Waals surface area (Å²) in [7, 11) is 0. The van der Waals surface area contributed by atoms with Gasteiger partial charge in [-0.05, 0) is 50.9 Å². The van der Waals surface area contributed by atoms with Gasteiger partial charge >= 0.3 is 0 Å². The van der Waals surface area contributed by atoms with Gasteiger partial charge in [0.25, 0.3) is 0 Å². The van der Waals surface area contributed by atoms with E-state index in [0.29, 0.717) is 6.54 Å². The van der Waals surface area contributed by atoms with Crippen LogP contribution in [0.2, 0.25) is 0 Å². The van der Waals surface area contributed by atoms with Gasteiger partial charge in [0.1, 0.15) is 5.82 Å². The maximum atomic E-state index is 10.2. The number of benzene rings is 1. The zero-order chi connectivity index (χ0) is 19.5. The van der Waals surface area contributed by atoms with Gasteiger partial charge in [-0.1, -0.05) is 18.6 Å². The van der Waals surface area contributed by atoms with Crippen LogP contribution in [0.25, 0.3) is 10.9 Å². The highest BCUT2D eigenvalue weighted by Crippen LogP contribution is 2.28. The smallest absolute Gasteiger partial charge is 0.133 e. The molecule has 3 heterocycles. The number of aromatic nitrogens is 1. The standard InChI is InChI=1S/C23H34N4O/c1-3-8-25-10-12-26(13-11-25)16-20-15-19-14-18(2)6-7-22(19)24-23(20)27-9-4-5-21(28)17-27/h6-7,14-15,21,28H,3-5,8-13,16-17H2,1-2H3. The molecule has 1 unspecified atom stereocenters. The Labute approximate surface area is 169 Å². The van der Waals surface area contributed by atoms with E-state index >= 15 is 0 Å². The SMILES string of the molecule is CCCN1CCN(Cc2cc3cc(C)ccc3nc2N2CCCC(O)C2)CC1. The molecule has 1 N–H and O–H groups in total. The summed E-state index contributed by atoms with van der Waals surface area (Å²) < 4.78 is 0. The molecule has 1 atom stereocenters. The monoisotopic (exact) mass is 382 g/mol. The molecule has 2 aliphatic rings. The first kappa shape index (κ1) is 19.6. The van der Waals surface area contributed by atoms with Gasteiger partial charge in [-0.15, -0.1) is 0 Å². The van der Waals surface area contributed by atoms with Gasteiger partial charge < -0.3 is 14.9 Å². The molecule has 2 fully saturated rings. The normalized spacial score (nSPS) is 22.1. The summed E-state index contributed by atoms with van der Waals surface area (Å²) in [5.74, 6) is 1.08. The average molecular weight is 383 g/mol. The van der Waals surface area contributed by atoms with Gasteiger partial charge in [0, 0.05) is 56.8 Å². The summed E-state index contributed by atoms with van der Waals surface area (Å²) in [4.78, 5) is 12.5. The van der Waals surface area contributed by atoms with Crippen molar-refractivity contribution in [2.45, 2.75) is 45.8 Å². The van der Waals surface area contributed by atoms with Crippen molar-refractivity contribution >= 4 is 16.7 Å². The lowest BCUT2D eigenvalue weighted by Crippen LogP contribution is -2.46. The number of anilines is 1. The number of piperidine rings is 1. The van der Waals surface area contributed by atoms with E-state index in [9.17, 15) is 5.11 Å². The van der Waals surface area contributed by atoms with Crippen LogP contribution in [0.3, 0.4) is 0 Å². The first-order valence-electron chi connectivity index (χ1n) is 10.9. The third-order valence-corrected chi connectivity index (χ3v) is 6.12. The van der Waals surface area contributed by atoms with E-state index in [1.807, 2.05) is 0 Å². The van der Waals surface area contributed by atoms with Crippen molar-refractivity contribution in [2.24, 2.45) is 0 Å².